The highest BCUT2D eigenvalue weighted by atomic mass is 35.5. The van der Waals surface area contributed by atoms with E-state index in [1.165, 1.54) is 12.8 Å². The molecule has 1 heterocycles. The second-order valence-corrected chi connectivity index (χ2v) is 10.5. The van der Waals surface area contributed by atoms with Crippen LogP contribution in [-0.2, 0) is 14.3 Å². The highest BCUT2D eigenvalue weighted by Gasteiger charge is 2.32. The normalized spacial score (nSPS) is 25.9. The quantitative estimate of drug-likeness (QED) is 0.205. The Morgan fingerprint density at radius 1 is 1.09 bits per heavy atom. The lowest BCUT2D eigenvalue weighted by Crippen LogP contribution is -2.48. The summed E-state index contributed by atoms with van der Waals surface area (Å²) in [5.41, 5.74) is 3.18. The third-order valence-electron chi connectivity index (χ3n) is 7.32. The van der Waals surface area contributed by atoms with Crippen molar-refractivity contribution in [3.05, 3.63) is 23.3 Å². The van der Waals surface area contributed by atoms with Gasteiger partial charge in [-0.3, -0.25) is 4.79 Å². The zero-order chi connectivity index (χ0) is 22.8. The monoisotopic (exact) mass is 463 g/mol. The molecule has 2 aliphatic carbocycles. The largest absolute Gasteiger partial charge is 0.464 e. The molecule has 0 saturated carbocycles. The van der Waals surface area contributed by atoms with Crippen molar-refractivity contribution in [3.63, 3.8) is 0 Å². The molecule has 1 saturated heterocycles. The number of esters is 1. The highest BCUT2D eigenvalue weighted by molar-refractivity contribution is 6.20. The molecule has 3 rings (SSSR count). The van der Waals surface area contributed by atoms with Crippen molar-refractivity contribution < 1.29 is 14.3 Å². The second-order valence-electron chi connectivity index (χ2n) is 9.85. The van der Waals surface area contributed by atoms with E-state index < -0.39 is 0 Å². The van der Waals surface area contributed by atoms with Crippen LogP contribution in [-0.4, -0.2) is 41.3 Å². The van der Waals surface area contributed by atoms with Gasteiger partial charge in [0, 0.05) is 18.3 Å². The number of ether oxygens (including phenoxy) is 1. The summed E-state index contributed by atoms with van der Waals surface area (Å²) in [6.45, 7) is 3.24. The number of halogens is 1. The SMILES string of the molecule is CCCCOC(=O)C1CCCCN1C(=O)CCCCCC1C=CC2=C(CCC(Cl)CC2)C1. The summed E-state index contributed by atoms with van der Waals surface area (Å²) in [6.07, 6.45) is 20.0. The Bertz CT molecular complexity index is 686. The molecular weight excluding hydrogens is 422 g/mol. The van der Waals surface area contributed by atoms with Gasteiger partial charge in [-0.25, -0.2) is 4.79 Å². The Hall–Kier alpha value is -1.29. The van der Waals surface area contributed by atoms with Crippen molar-refractivity contribution in [1.82, 2.24) is 4.90 Å². The molecule has 0 spiro atoms. The fourth-order valence-corrected chi connectivity index (χ4v) is 5.50. The van der Waals surface area contributed by atoms with Crippen molar-refractivity contribution in [3.8, 4) is 0 Å². The Kier molecular flexibility index (Phi) is 10.6. The van der Waals surface area contributed by atoms with Gasteiger partial charge in [0.05, 0.1) is 6.61 Å². The maximum Gasteiger partial charge on any atom is 0.328 e. The number of rotatable bonds is 10. The summed E-state index contributed by atoms with van der Waals surface area (Å²) in [7, 11) is 0. The second kappa shape index (κ2) is 13.4. The zero-order valence-corrected chi connectivity index (χ0v) is 20.7. The van der Waals surface area contributed by atoms with Crippen LogP contribution in [0.4, 0.5) is 0 Å². The molecule has 0 bridgehead atoms. The number of hydrogen-bond donors (Lipinski definition) is 0. The summed E-state index contributed by atoms with van der Waals surface area (Å²) in [4.78, 5) is 27.1. The molecule has 0 aromatic carbocycles. The number of nitrogens with zero attached hydrogens (tertiary/aromatic N) is 1. The van der Waals surface area contributed by atoms with E-state index in [-0.39, 0.29) is 17.9 Å². The number of carbonyl (C=O) groups is 2. The van der Waals surface area contributed by atoms with Crippen LogP contribution in [0.5, 0.6) is 0 Å². The Labute approximate surface area is 199 Å². The van der Waals surface area contributed by atoms with E-state index in [1.807, 2.05) is 0 Å². The van der Waals surface area contributed by atoms with Gasteiger partial charge in [-0.1, -0.05) is 43.9 Å². The third-order valence-corrected chi connectivity index (χ3v) is 7.76. The third kappa shape index (κ3) is 7.64. The maximum absolute atomic E-state index is 12.8. The van der Waals surface area contributed by atoms with Crippen LogP contribution in [0.1, 0.15) is 103 Å². The molecule has 5 heteroatoms. The minimum absolute atomic E-state index is 0.128. The van der Waals surface area contributed by atoms with Crippen LogP contribution >= 0.6 is 11.6 Å². The Balaban J connectivity index is 1.34. The molecular formula is C27H42ClNO3. The average molecular weight is 464 g/mol. The van der Waals surface area contributed by atoms with E-state index in [0.29, 0.717) is 30.9 Å². The van der Waals surface area contributed by atoms with E-state index in [4.69, 9.17) is 16.3 Å². The summed E-state index contributed by atoms with van der Waals surface area (Å²) in [5.74, 6) is 0.563. The lowest BCUT2D eigenvalue weighted by atomic mass is 9.84. The van der Waals surface area contributed by atoms with Crippen LogP contribution in [0.2, 0.25) is 0 Å². The lowest BCUT2D eigenvalue weighted by molar-refractivity contribution is -0.157. The number of piperidine rings is 1. The molecule has 0 radical (unpaired) electrons. The van der Waals surface area contributed by atoms with Crippen LogP contribution in [0.3, 0.4) is 0 Å². The number of allylic oxidation sites excluding steroid dienone is 4. The predicted molar refractivity (Wildman–Crippen MR) is 131 cm³/mol. The summed E-state index contributed by atoms with van der Waals surface area (Å²) in [6, 6.07) is -0.366. The first-order valence-corrected chi connectivity index (χ1v) is 13.5. The van der Waals surface area contributed by atoms with Crippen molar-refractivity contribution in [2.45, 2.75) is 115 Å². The first kappa shape index (κ1) is 25.3. The molecule has 3 unspecified atom stereocenters. The minimum atomic E-state index is -0.366. The topological polar surface area (TPSA) is 46.6 Å². The molecule has 0 N–H and O–H groups in total. The van der Waals surface area contributed by atoms with Gasteiger partial charge in [0.25, 0.3) is 0 Å². The zero-order valence-electron chi connectivity index (χ0n) is 20.0. The van der Waals surface area contributed by atoms with E-state index in [9.17, 15) is 9.59 Å². The highest BCUT2D eigenvalue weighted by Crippen LogP contribution is 2.36. The van der Waals surface area contributed by atoms with Gasteiger partial charge in [-0.15, -0.1) is 11.6 Å². The molecule has 1 fully saturated rings. The van der Waals surface area contributed by atoms with Crippen LogP contribution in [0, 0.1) is 5.92 Å². The van der Waals surface area contributed by atoms with Gasteiger partial charge >= 0.3 is 5.97 Å². The molecule has 32 heavy (non-hydrogen) atoms. The molecule has 1 amide bonds. The Morgan fingerprint density at radius 2 is 1.94 bits per heavy atom. The van der Waals surface area contributed by atoms with Crippen molar-refractivity contribution >= 4 is 23.5 Å². The van der Waals surface area contributed by atoms with Crippen LogP contribution in [0.25, 0.3) is 0 Å². The van der Waals surface area contributed by atoms with Gasteiger partial charge in [-0.05, 0) is 82.1 Å². The van der Waals surface area contributed by atoms with E-state index in [1.54, 1.807) is 16.0 Å². The van der Waals surface area contributed by atoms with E-state index >= 15 is 0 Å². The average Bonchev–Trinajstić information content (AvgIpc) is 3.00. The van der Waals surface area contributed by atoms with Gasteiger partial charge in [0.1, 0.15) is 6.04 Å². The molecule has 4 nitrogen and oxygen atoms in total. The molecule has 3 aliphatic rings. The minimum Gasteiger partial charge on any atom is -0.464 e. The number of hydrogen-bond acceptors (Lipinski definition) is 3. The van der Waals surface area contributed by atoms with E-state index in [2.05, 4.69) is 19.1 Å². The van der Waals surface area contributed by atoms with Gasteiger partial charge in [0.15, 0.2) is 0 Å². The first-order chi connectivity index (χ1) is 15.6. The summed E-state index contributed by atoms with van der Waals surface area (Å²) >= 11 is 6.37. The fourth-order valence-electron chi connectivity index (χ4n) is 5.29. The first-order valence-electron chi connectivity index (χ1n) is 13.1. The van der Waals surface area contributed by atoms with E-state index in [0.717, 1.165) is 77.0 Å². The molecule has 0 aromatic heterocycles. The van der Waals surface area contributed by atoms with Gasteiger partial charge < -0.3 is 9.64 Å². The molecule has 3 atom stereocenters. The summed E-state index contributed by atoms with van der Waals surface area (Å²) < 4.78 is 5.41. The Morgan fingerprint density at radius 3 is 2.78 bits per heavy atom. The van der Waals surface area contributed by atoms with Crippen LogP contribution in [0.15, 0.2) is 23.3 Å². The summed E-state index contributed by atoms with van der Waals surface area (Å²) in [5, 5.41) is 0.336. The van der Waals surface area contributed by atoms with Crippen molar-refractivity contribution in [1.29, 1.82) is 0 Å². The number of alkyl halides is 1. The number of unbranched alkanes of at least 4 members (excludes halogenated alkanes) is 3. The maximum atomic E-state index is 12.8. The molecule has 0 aromatic rings. The van der Waals surface area contributed by atoms with Crippen molar-refractivity contribution in [2.75, 3.05) is 13.2 Å². The smallest absolute Gasteiger partial charge is 0.328 e. The fraction of sp³-hybridized carbons (Fsp3) is 0.778. The molecule has 180 valence electrons. The van der Waals surface area contributed by atoms with Gasteiger partial charge in [-0.2, -0.15) is 0 Å². The van der Waals surface area contributed by atoms with Gasteiger partial charge in [0.2, 0.25) is 5.91 Å². The predicted octanol–water partition coefficient (Wildman–Crippen LogP) is 6.72. The molecule has 1 aliphatic heterocycles. The number of likely N-dealkylation sites (tertiary alicyclic amines) is 1. The standard InChI is InChI=1S/C27H42ClNO3/c1-2-3-19-32-27(31)25-10-7-8-18-29(25)26(30)11-6-4-5-9-21-12-13-22-14-16-24(28)17-15-23(22)20-21/h12-13,21,24-25H,2-11,14-20H2,1H3. The van der Waals surface area contributed by atoms with Crippen molar-refractivity contribution in [2.24, 2.45) is 5.92 Å². The lowest BCUT2D eigenvalue weighted by Gasteiger charge is -2.34. The number of carbonyl (C=O) groups excluding carboxylic acids is 2. The van der Waals surface area contributed by atoms with Crippen LogP contribution < -0.4 is 0 Å². The number of amides is 1.